The highest BCUT2D eigenvalue weighted by Crippen LogP contribution is 2.65. The second kappa shape index (κ2) is 10.6. The van der Waals surface area contributed by atoms with Gasteiger partial charge in [0.05, 0.1) is 11.8 Å². The average Bonchev–Trinajstić information content (AvgIpc) is 2.88. The average molecular weight is 454 g/mol. The first-order valence-electron chi connectivity index (χ1n) is 9.07. The third kappa shape index (κ3) is 8.90. The highest BCUT2D eigenvalue weighted by Gasteiger charge is 2.43. The molecule has 0 saturated heterocycles. The number of hydrogen-bond acceptors (Lipinski definition) is 7. The molecule has 1 aliphatic heterocycles. The van der Waals surface area contributed by atoms with E-state index in [1.807, 2.05) is 0 Å². The molecule has 0 aliphatic carbocycles. The monoisotopic (exact) mass is 454 g/mol. The summed E-state index contributed by atoms with van der Waals surface area (Å²) in [4.78, 5) is 54.8. The van der Waals surface area contributed by atoms with E-state index >= 15 is 0 Å². The maximum atomic E-state index is 11.9. The Morgan fingerprint density at radius 1 is 1.10 bits per heavy atom. The number of unbranched alkanes of at least 4 members (excludes halogenated alkanes) is 2. The number of nitrogens with zero attached hydrogens (tertiary/aromatic N) is 1. The smallest absolute Gasteiger partial charge is 0.354 e. The fraction of sp³-hybridized carbons (Fsp3) is 0.688. The standard InChI is InChI=1S/C16H28N2O9P2/c1-16(2,3)28(22,23)27-29(24,25)26-12-10-17-13(19)7-5-4-6-11-18-14(20)8-9-15(18)21/h8-9H,4-7,10-12H2,1-3H3,(H,17,19)(H,22,23)(H,24,25). The summed E-state index contributed by atoms with van der Waals surface area (Å²) in [5, 5.41) is 1.23. The largest absolute Gasteiger partial charge is 0.479 e. The van der Waals surface area contributed by atoms with Crippen molar-refractivity contribution in [1.82, 2.24) is 10.2 Å². The van der Waals surface area contributed by atoms with Gasteiger partial charge in [-0.1, -0.05) is 6.42 Å². The van der Waals surface area contributed by atoms with Crippen LogP contribution < -0.4 is 5.32 Å². The normalized spacial score (nSPS) is 18.6. The van der Waals surface area contributed by atoms with Gasteiger partial charge in [-0.2, -0.15) is 0 Å². The lowest BCUT2D eigenvalue weighted by Gasteiger charge is -2.26. The van der Waals surface area contributed by atoms with Gasteiger partial charge in [0.25, 0.3) is 11.8 Å². The van der Waals surface area contributed by atoms with Crippen molar-refractivity contribution in [1.29, 1.82) is 0 Å². The molecule has 0 radical (unpaired) electrons. The Labute approximate surface area is 169 Å². The van der Waals surface area contributed by atoms with Crippen LogP contribution in [0, 0.1) is 0 Å². The number of carbonyl (C=O) groups excluding carboxylic acids is 3. The fourth-order valence-corrected chi connectivity index (χ4v) is 4.72. The van der Waals surface area contributed by atoms with Crippen molar-refractivity contribution in [2.24, 2.45) is 0 Å². The van der Waals surface area contributed by atoms with Crippen molar-refractivity contribution in [3.05, 3.63) is 12.2 Å². The first-order chi connectivity index (χ1) is 13.3. The summed E-state index contributed by atoms with van der Waals surface area (Å²) < 4.78 is 32.6. The van der Waals surface area contributed by atoms with Crippen molar-refractivity contribution in [3.8, 4) is 0 Å². The Hall–Kier alpha value is -1.35. The van der Waals surface area contributed by atoms with Crippen molar-refractivity contribution in [3.63, 3.8) is 0 Å². The molecule has 13 heteroatoms. The number of imide groups is 1. The molecule has 0 bridgehead atoms. The molecule has 2 unspecified atom stereocenters. The zero-order valence-corrected chi connectivity index (χ0v) is 18.5. The van der Waals surface area contributed by atoms with Gasteiger partial charge in [0.1, 0.15) is 0 Å². The van der Waals surface area contributed by atoms with Gasteiger partial charge in [-0.3, -0.25) is 28.4 Å². The number of amides is 3. The van der Waals surface area contributed by atoms with Crippen LogP contribution in [0.1, 0.15) is 46.5 Å². The second-order valence-electron chi connectivity index (χ2n) is 7.40. The lowest BCUT2D eigenvalue weighted by atomic mass is 10.2. The Kier molecular flexibility index (Phi) is 9.40. The van der Waals surface area contributed by atoms with Gasteiger partial charge < -0.3 is 15.1 Å². The topological polar surface area (TPSA) is 160 Å². The van der Waals surface area contributed by atoms with E-state index in [9.17, 15) is 33.3 Å². The molecular formula is C16H28N2O9P2. The molecule has 0 spiro atoms. The van der Waals surface area contributed by atoms with Crippen LogP contribution >= 0.6 is 15.4 Å². The third-order valence-electron chi connectivity index (χ3n) is 3.93. The number of hydrogen-bond donors (Lipinski definition) is 3. The molecule has 0 aromatic heterocycles. The molecule has 0 saturated carbocycles. The SMILES string of the molecule is CC(C)(C)P(=O)(O)OP(=O)(O)OCCNC(=O)CCCCCN1C(=O)C=CC1=O. The maximum Gasteiger partial charge on any atom is 0.479 e. The molecule has 3 amide bonds. The molecule has 1 heterocycles. The van der Waals surface area contributed by atoms with Gasteiger partial charge in [-0.25, -0.2) is 8.88 Å². The van der Waals surface area contributed by atoms with E-state index in [0.29, 0.717) is 25.8 Å². The summed E-state index contributed by atoms with van der Waals surface area (Å²) >= 11 is 0. The molecule has 1 rings (SSSR count). The molecule has 2 atom stereocenters. The van der Waals surface area contributed by atoms with E-state index in [2.05, 4.69) is 14.2 Å². The molecule has 29 heavy (non-hydrogen) atoms. The summed E-state index contributed by atoms with van der Waals surface area (Å²) in [6.07, 6.45) is 4.39. The third-order valence-corrected chi connectivity index (χ3v) is 7.84. The molecular weight excluding hydrogens is 426 g/mol. The highest BCUT2D eigenvalue weighted by atomic mass is 31.3. The first kappa shape index (κ1) is 25.7. The van der Waals surface area contributed by atoms with Gasteiger partial charge in [0.2, 0.25) is 5.91 Å². The quantitative estimate of drug-likeness (QED) is 0.227. The van der Waals surface area contributed by atoms with Crippen molar-refractivity contribution >= 4 is 33.1 Å². The minimum Gasteiger partial charge on any atom is -0.354 e. The van der Waals surface area contributed by atoms with E-state index in [4.69, 9.17) is 0 Å². The van der Waals surface area contributed by atoms with E-state index in [-0.39, 0.29) is 37.3 Å². The molecule has 11 nitrogen and oxygen atoms in total. The second-order valence-corrected chi connectivity index (χ2v) is 11.6. The van der Waals surface area contributed by atoms with Crippen molar-refractivity contribution in [2.45, 2.75) is 51.6 Å². The number of phosphoric ester groups is 1. The lowest BCUT2D eigenvalue weighted by Crippen LogP contribution is -2.31. The zero-order valence-electron chi connectivity index (χ0n) is 16.7. The van der Waals surface area contributed by atoms with E-state index < -0.39 is 20.6 Å². The van der Waals surface area contributed by atoms with Crippen LogP contribution in [-0.2, 0) is 32.3 Å². The van der Waals surface area contributed by atoms with Gasteiger partial charge in [-0.15, -0.1) is 0 Å². The first-order valence-corrected chi connectivity index (χ1v) is 12.1. The summed E-state index contributed by atoms with van der Waals surface area (Å²) in [6.45, 7) is 3.98. The number of carbonyl (C=O) groups is 3. The summed E-state index contributed by atoms with van der Waals surface area (Å²) in [7, 11) is -9.13. The van der Waals surface area contributed by atoms with Crippen LogP contribution in [0.2, 0.25) is 0 Å². The van der Waals surface area contributed by atoms with Crippen molar-refractivity contribution < 1.29 is 42.1 Å². The lowest BCUT2D eigenvalue weighted by molar-refractivity contribution is -0.137. The van der Waals surface area contributed by atoms with Gasteiger partial charge in [0.15, 0.2) is 0 Å². The Balaban J connectivity index is 2.16. The van der Waals surface area contributed by atoms with Gasteiger partial charge in [0, 0.05) is 31.7 Å². The molecule has 0 aromatic rings. The summed E-state index contributed by atoms with van der Waals surface area (Å²) in [5.74, 6) is -0.976. The van der Waals surface area contributed by atoms with E-state index in [1.165, 1.54) is 32.9 Å². The molecule has 1 aliphatic rings. The maximum absolute atomic E-state index is 11.9. The summed E-state index contributed by atoms with van der Waals surface area (Å²) in [6, 6.07) is 0. The number of rotatable bonds is 12. The van der Waals surface area contributed by atoms with Crippen LogP contribution in [0.5, 0.6) is 0 Å². The Bertz CT molecular complexity index is 727. The fourth-order valence-electron chi connectivity index (χ4n) is 2.11. The molecule has 0 fully saturated rings. The zero-order chi connectivity index (χ0) is 22.3. The summed E-state index contributed by atoms with van der Waals surface area (Å²) in [5.41, 5.74) is 0. The van der Waals surface area contributed by atoms with E-state index in [0.717, 1.165) is 4.90 Å². The predicted octanol–water partition coefficient (Wildman–Crippen LogP) is 1.71. The van der Waals surface area contributed by atoms with Crippen LogP contribution in [0.25, 0.3) is 0 Å². The highest BCUT2D eigenvalue weighted by molar-refractivity contribution is 7.64. The van der Waals surface area contributed by atoms with Crippen LogP contribution in [-0.4, -0.2) is 57.3 Å². The number of nitrogens with one attached hydrogen (secondary N) is 1. The van der Waals surface area contributed by atoms with Crippen LogP contribution in [0.15, 0.2) is 12.2 Å². The van der Waals surface area contributed by atoms with Gasteiger partial charge in [-0.05, 0) is 33.6 Å². The minimum atomic E-state index is -4.75. The van der Waals surface area contributed by atoms with E-state index in [1.54, 1.807) is 0 Å². The molecule has 0 aromatic carbocycles. The predicted molar refractivity (Wildman–Crippen MR) is 104 cm³/mol. The van der Waals surface area contributed by atoms with Crippen LogP contribution in [0.4, 0.5) is 0 Å². The molecule has 166 valence electrons. The Morgan fingerprint density at radius 2 is 1.69 bits per heavy atom. The minimum absolute atomic E-state index is 0.0829. The van der Waals surface area contributed by atoms with Crippen LogP contribution in [0.3, 0.4) is 0 Å². The molecule has 3 N–H and O–H groups in total. The number of phosphoric acid groups is 1. The van der Waals surface area contributed by atoms with Crippen molar-refractivity contribution in [2.75, 3.05) is 19.7 Å². The van der Waals surface area contributed by atoms with Gasteiger partial charge >= 0.3 is 15.4 Å². The Morgan fingerprint density at radius 3 is 2.24 bits per heavy atom.